The molecule has 9 nitrogen and oxygen atoms in total. The van der Waals surface area contributed by atoms with Gasteiger partial charge in [0.2, 0.25) is 10.0 Å². The summed E-state index contributed by atoms with van der Waals surface area (Å²) in [5.41, 5.74) is 0.473. The maximum Gasteiger partial charge on any atom is 0.346 e. The molecule has 12 heteroatoms. The molecule has 0 atom stereocenters. The van der Waals surface area contributed by atoms with Crippen molar-refractivity contribution in [3.8, 4) is 5.75 Å². The van der Waals surface area contributed by atoms with Gasteiger partial charge in [0, 0.05) is 0 Å². The Morgan fingerprint density at radius 2 is 1.81 bits per heavy atom. The van der Waals surface area contributed by atoms with Crippen molar-refractivity contribution in [2.24, 2.45) is 0 Å². The summed E-state index contributed by atoms with van der Waals surface area (Å²) in [7, 11) is -6.30. The lowest BCUT2D eigenvalue weighted by molar-refractivity contribution is 0.0701. The van der Waals surface area contributed by atoms with E-state index in [1.54, 1.807) is 0 Å². The number of nitrogens with one attached hydrogen (secondary N) is 2. The Morgan fingerprint density at radius 3 is 2.31 bits per heavy atom. The fourth-order valence-corrected chi connectivity index (χ4v) is 5.04. The number of aryl methyl sites for hydroxylation is 1. The molecule has 1 aromatic carbocycles. The van der Waals surface area contributed by atoms with E-state index in [9.17, 15) is 21.6 Å². The van der Waals surface area contributed by atoms with E-state index in [4.69, 9.17) is 9.84 Å². The van der Waals surface area contributed by atoms with E-state index in [2.05, 4.69) is 9.44 Å². The highest BCUT2D eigenvalue weighted by molar-refractivity contribution is 7.94. The number of hydrogen-bond acceptors (Lipinski definition) is 7. The fraction of sp³-hybridized carbons (Fsp3) is 0.214. The molecule has 0 bridgehead atoms. The van der Waals surface area contributed by atoms with E-state index in [0.29, 0.717) is 16.9 Å². The summed E-state index contributed by atoms with van der Waals surface area (Å²) in [5, 5.41) is 9.05. The number of methoxy groups -OCH3 is 1. The van der Waals surface area contributed by atoms with Crippen LogP contribution in [-0.2, 0) is 20.0 Å². The molecule has 0 fully saturated rings. The predicted molar refractivity (Wildman–Crippen MR) is 98.3 cm³/mol. The zero-order valence-corrected chi connectivity index (χ0v) is 16.4. The molecule has 3 N–H and O–H groups in total. The van der Waals surface area contributed by atoms with Gasteiger partial charge in [0.05, 0.1) is 24.7 Å². The Bertz CT molecular complexity index is 1060. The Hall–Kier alpha value is -2.31. The molecule has 26 heavy (non-hydrogen) atoms. The van der Waals surface area contributed by atoms with Crippen LogP contribution in [0.1, 0.15) is 15.2 Å². The Balaban J connectivity index is 2.39. The molecule has 0 aliphatic carbocycles. The second-order valence-corrected chi connectivity index (χ2v) is 9.99. The summed E-state index contributed by atoms with van der Waals surface area (Å²) >= 11 is 0.629. The van der Waals surface area contributed by atoms with Crippen molar-refractivity contribution in [1.82, 2.24) is 0 Å². The van der Waals surface area contributed by atoms with Gasteiger partial charge in [0.25, 0.3) is 10.0 Å². The number of carboxylic acids is 1. The van der Waals surface area contributed by atoms with E-state index in [1.165, 1.54) is 38.3 Å². The second kappa shape index (κ2) is 7.13. The summed E-state index contributed by atoms with van der Waals surface area (Å²) in [6.07, 6.45) is 0.950. The first-order chi connectivity index (χ1) is 11.9. The Morgan fingerprint density at radius 1 is 1.15 bits per heavy atom. The van der Waals surface area contributed by atoms with Gasteiger partial charge < -0.3 is 9.84 Å². The van der Waals surface area contributed by atoms with Crippen molar-refractivity contribution >= 4 is 48.7 Å². The van der Waals surface area contributed by atoms with Gasteiger partial charge in [0.1, 0.15) is 14.8 Å². The molecule has 0 saturated heterocycles. The highest BCUT2D eigenvalue weighted by atomic mass is 32.2. The van der Waals surface area contributed by atoms with Crippen LogP contribution in [0.25, 0.3) is 0 Å². The van der Waals surface area contributed by atoms with Gasteiger partial charge >= 0.3 is 5.97 Å². The highest BCUT2D eigenvalue weighted by Gasteiger charge is 2.22. The molecule has 0 amide bonds. The number of benzene rings is 1. The third-order valence-corrected chi connectivity index (χ3v) is 6.77. The van der Waals surface area contributed by atoms with Crippen LogP contribution in [0.5, 0.6) is 5.75 Å². The van der Waals surface area contributed by atoms with Crippen LogP contribution in [0.15, 0.2) is 28.5 Å². The molecule has 142 valence electrons. The van der Waals surface area contributed by atoms with Crippen LogP contribution in [0.4, 0.5) is 11.4 Å². The number of hydrogen-bond donors (Lipinski definition) is 3. The van der Waals surface area contributed by atoms with Crippen molar-refractivity contribution in [2.45, 2.75) is 11.1 Å². The molecule has 1 heterocycles. The van der Waals surface area contributed by atoms with Crippen molar-refractivity contribution < 1.29 is 31.5 Å². The average Bonchev–Trinajstić information content (AvgIpc) is 2.88. The van der Waals surface area contributed by atoms with Gasteiger partial charge in [-0.05, 0) is 36.8 Å². The molecule has 0 aliphatic heterocycles. The molecule has 1 aromatic heterocycles. The van der Waals surface area contributed by atoms with E-state index < -0.39 is 26.0 Å². The number of thiophene rings is 1. The topological polar surface area (TPSA) is 139 Å². The van der Waals surface area contributed by atoms with Crippen LogP contribution in [-0.4, -0.2) is 41.3 Å². The normalized spacial score (nSPS) is 11.8. The molecule has 0 unspecified atom stereocenters. The van der Waals surface area contributed by atoms with Crippen LogP contribution < -0.4 is 14.2 Å². The minimum absolute atomic E-state index is 0.0591. The number of ether oxygens (including phenoxy) is 1. The number of anilines is 2. The number of carboxylic acid groups (broad SMARTS) is 1. The quantitative estimate of drug-likeness (QED) is 0.622. The smallest absolute Gasteiger partial charge is 0.346 e. The van der Waals surface area contributed by atoms with Gasteiger partial charge in [-0.1, -0.05) is 0 Å². The lowest BCUT2D eigenvalue weighted by Crippen LogP contribution is -2.13. The maximum absolute atomic E-state index is 12.5. The predicted octanol–water partition coefficient (Wildman–Crippen LogP) is 1.94. The summed E-state index contributed by atoms with van der Waals surface area (Å²) < 4.78 is 57.2. The molecule has 0 spiro atoms. The minimum Gasteiger partial charge on any atom is -0.495 e. The van der Waals surface area contributed by atoms with E-state index in [0.717, 1.165) is 6.26 Å². The first-order valence-corrected chi connectivity index (χ1v) is 11.1. The average molecular weight is 420 g/mol. The third kappa shape index (κ3) is 4.65. The van der Waals surface area contributed by atoms with E-state index in [1.807, 2.05) is 0 Å². The number of sulfonamides is 2. The highest BCUT2D eigenvalue weighted by Crippen LogP contribution is 2.31. The first kappa shape index (κ1) is 20.0. The van der Waals surface area contributed by atoms with Crippen LogP contribution in [0.2, 0.25) is 0 Å². The minimum atomic E-state index is -4.04. The molecule has 0 radical (unpaired) electrons. The number of aromatic carboxylic acids is 1. The summed E-state index contributed by atoms with van der Waals surface area (Å²) in [6.45, 7) is 1.50. The summed E-state index contributed by atoms with van der Waals surface area (Å²) in [6, 6.07) is 5.31. The van der Waals surface area contributed by atoms with Gasteiger partial charge in [0.15, 0.2) is 0 Å². The lowest BCUT2D eigenvalue weighted by atomic mass is 10.2. The van der Waals surface area contributed by atoms with Crippen LogP contribution >= 0.6 is 11.3 Å². The van der Waals surface area contributed by atoms with Gasteiger partial charge in [-0.15, -0.1) is 11.3 Å². The molecule has 0 saturated carbocycles. The summed E-state index contributed by atoms with van der Waals surface area (Å²) in [5.74, 6) is -1.00. The van der Waals surface area contributed by atoms with E-state index >= 15 is 0 Å². The molecule has 2 rings (SSSR count). The van der Waals surface area contributed by atoms with Gasteiger partial charge in [-0.2, -0.15) is 0 Å². The Kier molecular flexibility index (Phi) is 5.49. The fourth-order valence-electron chi connectivity index (χ4n) is 2.05. The summed E-state index contributed by atoms with van der Waals surface area (Å²) in [4.78, 5) is 11.0. The van der Waals surface area contributed by atoms with E-state index in [-0.39, 0.29) is 26.2 Å². The largest absolute Gasteiger partial charge is 0.495 e. The second-order valence-electron chi connectivity index (χ2n) is 5.28. The monoisotopic (exact) mass is 420 g/mol. The molecular weight excluding hydrogens is 404 g/mol. The molecule has 0 aliphatic rings. The third-order valence-electron chi connectivity index (χ3n) is 3.10. The van der Waals surface area contributed by atoms with Gasteiger partial charge in [-0.3, -0.25) is 9.44 Å². The maximum atomic E-state index is 12.5. The molecule has 2 aromatic rings. The van der Waals surface area contributed by atoms with Crippen LogP contribution in [0, 0.1) is 6.92 Å². The zero-order chi connectivity index (χ0) is 19.7. The Labute approximate surface area is 154 Å². The van der Waals surface area contributed by atoms with Crippen molar-refractivity contribution in [3.05, 3.63) is 34.7 Å². The standard InChI is InChI=1S/C14H16N2O7S3/c1-8-6-12(24-13(8)14(17)18)26(21,22)15-9-4-5-11(23-2)10(7-9)16-25(3,19)20/h4-7,15-16H,1-3H3,(H,17,18). The first-order valence-electron chi connectivity index (χ1n) is 6.95. The van der Waals surface area contributed by atoms with Crippen molar-refractivity contribution in [3.63, 3.8) is 0 Å². The van der Waals surface area contributed by atoms with Crippen molar-refractivity contribution in [1.29, 1.82) is 0 Å². The van der Waals surface area contributed by atoms with Crippen LogP contribution in [0.3, 0.4) is 0 Å². The van der Waals surface area contributed by atoms with Crippen molar-refractivity contribution in [2.75, 3.05) is 22.8 Å². The SMILES string of the molecule is COc1ccc(NS(=O)(=O)c2cc(C)c(C(=O)O)s2)cc1NS(C)(=O)=O. The zero-order valence-electron chi connectivity index (χ0n) is 13.9. The number of rotatable bonds is 7. The molecular formula is C14H16N2O7S3. The van der Waals surface area contributed by atoms with Gasteiger partial charge in [-0.25, -0.2) is 21.6 Å². The number of carbonyl (C=O) groups is 1. The lowest BCUT2D eigenvalue weighted by Gasteiger charge is -2.12.